The number of amides is 2. The zero-order chi connectivity index (χ0) is 21.3. The Morgan fingerprint density at radius 1 is 1.33 bits per heavy atom. The molecule has 8 heteroatoms. The summed E-state index contributed by atoms with van der Waals surface area (Å²) in [6, 6.07) is 1.91. The number of piperidine rings is 1. The minimum absolute atomic E-state index is 0.0722. The van der Waals surface area contributed by atoms with Gasteiger partial charge in [0.25, 0.3) is 5.91 Å². The molecule has 1 aromatic rings. The number of hydrogen-bond acceptors (Lipinski definition) is 6. The highest BCUT2D eigenvalue weighted by molar-refractivity contribution is 8.16. The van der Waals surface area contributed by atoms with Gasteiger partial charge in [0.1, 0.15) is 0 Å². The van der Waals surface area contributed by atoms with Crippen LogP contribution in [0.25, 0.3) is 0 Å². The lowest BCUT2D eigenvalue weighted by atomic mass is 9.80. The van der Waals surface area contributed by atoms with Gasteiger partial charge in [-0.1, -0.05) is 37.2 Å². The second-order valence-corrected chi connectivity index (χ2v) is 11.0. The number of carbonyl (C=O) groups is 2. The van der Waals surface area contributed by atoms with Crippen LogP contribution in [0, 0.1) is 17.8 Å². The van der Waals surface area contributed by atoms with Gasteiger partial charge in [-0.05, 0) is 56.8 Å². The van der Waals surface area contributed by atoms with Crippen molar-refractivity contribution in [2.24, 2.45) is 22.7 Å². The Morgan fingerprint density at radius 3 is 2.80 bits per heavy atom. The zero-order valence-electron chi connectivity index (χ0n) is 18.1. The van der Waals surface area contributed by atoms with E-state index in [0.717, 1.165) is 30.9 Å². The largest absolute Gasteiger partial charge is 0.351 e. The zero-order valence-corrected chi connectivity index (χ0v) is 18.9. The third kappa shape index (κ3) is 4.58. The maximum absolute atomic E-state index is 12.8. The summed E-state index contributed by atoms with van der Waals surface area (Å²) in [5.74, 6) is 1.95. The fraction of sp³-hybridized carbons (Fsp3) is 0.727. The van der Waals surface area contributed by atoms with Crippen LogP contribution in [0.3, 0.4) is 0 Å². The Bertz CT molecular complexity index is 803. The van der Waals surface area contributed by atoms with Crippen molar-refractivity contribution in [1.82, 2.24) is 15.4 Å². The smallest absolute Gasteiger partial charge is 0.292 e. The molecule has 0 radical (unpaired) electrons. The quantitative estimate of drug-likeness (QED) is 0.783. The van der Waals surface area contributed by atoms with E-state index in [2.05, 4.69) is 24.3 Å². The van der Waals surface area contributed by atoms with E-state index in [0.29, 0.717) is 42.6 Å². The molecule has 0 aromatic carbocycles. The summed E-state index contributed by atoms with van der Waals surface area (Å²) in [4.78, 5) is 32.0. The number of rotatable bonds is 4. The molecular weight excluding hydrogens is 400 g/mol. The summed E-state index contributed by atoms with van der Waals surface area (Å²) in [6.45, 7) is 7.97. The van der Waals surface area contributed by atoms with Crippen LogP contribution in [0.4, 0.5) is 0 Å². The van der Waals surface area contributed by atoms with E-state index in [1.54, 1.807) is 17.8 Å². The van der Waals surface area contributed by atoms with Crippen molar-refractivity contribution in [3.8, 4) is 0 Å². The minimum atomic E-state index is -0.482. The van der Waals surface area contributed by atoms with Crippen molar-refractivity contribution in [2.75, 3.05) is 13.1 Å². The average Bonchev–Trinajstić information content (AvgIpc) is 3.34. The minimum Gasteiger partial charge on any atom is -0.351 e. The molecule has 164 valence electrons. The lowest BCUT2D eigenvalue weighted by Gasteiger charge is -2.34. The van der Waals surface area contributed by atoms with Gasteiger partial charge in [-0.25, -0.2) is 0 Å². The molecule has 3 heterocycles. The molecule has 1 saturated carbocycles. The van der Waals surface area contributed by atoms with Crippen molar-refractivity contribution in [3.63, 3.8) is 0 Å². The molecule has 1 N–H and O–H groups in total. The Morgan fingerprint density at radius 2 is 2.10 bits per heavy atom. The normalized spacial score (nSPS) is 34.4. The highest BCUT2D eigenvalue weighted by Crippen LogP contribution is 2.41. The first kappa shape index (κ1) is 21.4. The van der Waals surface area contributed by atoms with Gasteiger partial charge in [-0.15, -0.1) is 0 Å². The number of nitrogens with zero attached hydrogens (tertiary/aromatic N) is 3. The molecule has 1 aliphatic carbocycles. The number of nitrogens with one attached hydrogen (secondary N) is 1. The van der Waals surface area contributed by atoms with Gasteiger partial charge in [0, 0.05) is 19.2 Å². The maximum atomic E-state index is 12.8. The van der Waals surface area contributed by atoms with Crippen molar-refractivity contribution >= 4 is 28.7 Å². The lowest BCUT2D eigenvalue weighted by Crippen LogP contribution is -2.41. The highest BCUT2D eigenvalue weighted by atomic mass is 32.2. The third-order valence-corrected chi connectivity index (χ3v) is 8.15. The second kappa shape index (κ2) is 8.73. The fourth-order valence-corrected chi connectivity index (χ4v) is 6.13. The van der Waals surface area contributed by atoms with Gasteiger partial charge in [0.15, 0.2) is 5.17 Å². The number of carbonyl (C=O) groups excluding carboxylic acids is 2. The first-order chi connectivity index (χ1) is 14.3. The first-order valence-corrected chi connectivity index (χ1v) is 11.9. The predicted octanol–water partition coefficient (Wildman–Crippen LogP) is 3.72. The molecule has 30 heavy (non-hydrogen) atoms. The molecule has 1 aromatic heterocycles. The van der Waals surface area contributed by atoms with E-state index in [4.69, 9.17) is 9.52 Å². The summed E-state index contributed by atoms with van der Waals surface area (Å²) in [5, 5.41) is 7.47. The average molecular weight is 433 g/mol. The second-order valence-electron chi connectivity index (χ2n) is 9.50. The molecule has 2 unspecified atom stereocenters. The summed E-state index contributed by atoms with van der Waals surface area (Å²) in [7, 11) is 0. The van der Waals surface area contributed by atoms with E-state index >= 15 is 0 Å². The highest BCUT2D eigenvalue weighted by Gasteiger charge is 2.45. The predicted molar refractivity (Wildman–Crippen MR) is 117 cm³/mol. The summed E-state index contributed by atoms with van der Waals surface area (Å²) < 4.78 is 4.51. The molecule has 3 fully saturated rings. The number of thioether (sulfide) groups is 1. The van der Waals surface area contributed by atoms with Gasteiger partial charge in [-0.3, -0.25) is 14.6 Å². The van der Waals surface area contributed by atoms with Gasteiger partial charge in [-0.2, -0.15) is 0 Å². The molecule has 0 spiro atoms. The Balaban J connectivity index is 1.33. The summed E-state index contributed by atoms with van der Waals surface area (Å²) >= 11 is 1.60. The van der Waals surface area contributed by atoms with E-state index in [-0.39, 0.29) is 11.8 Å². The molecule has 3 aliphatic rings. The molecule has 4 rings (SSSR count). The van der Waals surface area contributed by atoms with Gasteiger partial charge in [0.05, 0.1) is 17.0 Å². The monoisotopic (exact) mass is 432 g/mol. The summed E-state index contributed by atoms with van der Waals surface area (Å²) in [5.41, 5.74) is 0. The van der Waals surface area contributed by atoms with E-state index in [1.165, 1.54) is 19.0 Å². The van der Waals surface area contributed by atoms with Crippen LogP contribution in [-0.2, 0) is 4.79 Å². The molecule has 0 bridgehead atoms. The van der Waals surface area contributed by atoms with Crippen LogP contribution in [-0.4, -0.2) is 50.9 Å². The van der Waals surface area contributed by atoms with Crippen LogP contribution < -0.4 is 5.32 Å². The first-order valence-electron chi connectivity index (χ1n) is 11.1. The van der Waals surface area contributed by atoms with E-state index in [1.807, 2.05) is 11.8 Å². The van der Waals surface area contributed by atoms with Gasteiger partial charge in [0.2, 0.25) is 11.7 Å². The standard InChI is InChI=1S/C22H32N4O3S/c1-14-4-5-15(2)17(12-14)24-21-25-20(28)22(3,30-21)13-16-7-10-26(11-8-16)19(27)18-6-9-23-29-18/h6,9,14-17H,4-5,7-8,10-13H2,1-3H3,(H,24,25,28)/t14-,15?,17-,22?/m0/s1. The molecular formula is C22H32N4O3S. The Hall–Kier alpha value is -1.83. The SMILES string of the molecule is CC1CC[C@H](C)C[C@@H]1N=C1NC(=O)C(C)(CC2CCN(C(=O)c3ccno3)CC2)S1. The van der Waals surface area contributed by atoms with Crippen molar-refractivity contribution < 1.29 is 14.1 Å². The van der Waals surface area contributed by atoms with Crippen molar-refractivity contribution in [1.29, 1.82) is 0 Å². The van der Waals surface area contributed by atoms with Crippen molar-refractivity contribution in [3.05, 3.63) is 18.0 Å². The fourth-order valence-electron chi connectivity index (χ4n) is 4.91. The number of aliphatic imine (C=N–C) groups is 1. The van der Waals surface area contributed by atoms with Gasteiger partial charge < -0.3 is 14.7 Å². The Kier molecular flexibility index (Phi) is 6.23. The Labute approximate surface area is 182 Å². The number of hydrogen-bond donors (Lipinski definition) is 1. The van der Waals surface area contributed by atoms with Crippen LogP contribution in [0.1, 0.15) is 69.9 Å². The van der Waals surface area contributed by atoms with Crippen LogP contribution in [0.2, 0.25) is 0 Å². The van der Waals surface area contributed by atoms with E-state index in [9.17, 15) is 9.59 Å². The van der Waals surface area contributed by atoms with E-state index < -0.39 is 4.75 Å². The number of aromatic nitrogens is 1. The molecule has 2 saturated heterocycles. The topological polar surface area (TPSA) is 87.8 Å². The van der Waals surface area contributed by atoms with Gasteiger partial charge >= 0.3 is 0 Å². The third-order valence-electron chi connectivity index (χ3n) is 6.95. The van der Waals surface area contributed by atoms with Crippen LogP contribution >= 0.6 is 11.8 Å². The maximum Gasteiger partial charge on any atom is 0.292 e. The lowest BCUT2D eigenvalue weighted by molar-refractivity contribution is -0.121. The van der Waals surface area contributed by atoms with Crippen LogP contribution in [0.5, 0.6) is 0 Å². The number of likely N-dealkylation sites (tertiary alicyclic amines) is 1. The van der Waals surface area contributed by atoms with Crippen LogP contribution in [0.15, 0.2) is 21.8 Å². The molecule has 4 atom stereocenters. The molecule has 2 amide bonds. The molecule has 2 aliphatic heterocycles. The summed E-state index contributed by atoms with van der Waals surface area (Å²) in [6.07, 6.45) is 7.69. The molecule has 7 nitrogen and oxygen atoms in total. The van der Waals surface area contributed by atoms with Crippen molar-refractivity contribution in [2.45, 2.75) is 70.1 Å². The number of amidine groups is 1.